The second-order valence-electron chi connectivity index (χ2n) is 2.58. The van der Waals surface area contributed by atoms with Crippen molar-refractivity contribution in [3.8, 4) is 0 Å². The average Bonchev–Trinajstić information content (AvgIpc) is 2.15. The highest BCUT2D eigenvalue weighted by Crippen LogP contribution is 2.49. The van der Waals surface area contributed by atoms with Gasteiger partial charge in [0.15, 0.2) is 0 Å². The van der Waals surface area contributed by atoms with Crippen LogP contribution in [0.4, 0.5) is 0 Å². The molecule has 0 amide bonds. The summed E-state index contributed by atoms with van der Waals surface area (Å²) in [6, 6.07) is 0. The Kier molecular flexibility index (Phi) is 6.43. The van der Waals surface area contributed by atoms with Crippen LogP contribution in [0.5, 0.6) is 0 Å². The molecule has 0 aromatic rings. The summed E-state index contributed by atoms with van der Waals surface area (Å²) in [4.78, 5) is 11.1. The zero-order valence-electron chi connectivity index (χ0n) is 8.76. The number of aliphatic hydroxyl groups excluding tert-OH is 1. The molecule has 0 aliphatic rings. The summed E-state index contributed by atoms with van der Waals surface area (Å²) in [6.45, 7) is 5.78. The van der Waals surface area contributed by atoms with Crippen LogP contribution in [0.3, 0.4) is 0 Å². The highest BCUT2D eigenvalue weighted by atomic mass is 31.2. The summed E-state index contributed by atoms with van der Waals surface area (Å²) in [5.74, 6) is -0.857. The minimum Gasteiger partial charge on any atom is -0.394 e. The van der Waals surface area contributed by atoms with Crippen LogP contribution in [-0.2, 0) is 22.9 Å². The minimum atomic E-state index is -3.92. The molecule has 0 saturated heterocycles. The van der Waals surface area contributed by atoms with E-state index >= 15 is 0 Å². The van der Waals surface area contributed by atoms with Gasteiger partial charge in [-0.05, 0) is 13.8 Å². The van der Waals surface area contributed by atoms with E-state index in [1.807, 2.05) is 0 Å². The molecule has 0 rings (SSSR count). The molecular weight excluding hydrogens is 223 g/mol. The number of aliphatic hydroxyl groups is 1. The first-order valence-electron chi connectivity index (χ1n) is 4.34. The van der Waals surface area contributed by atoms with Gasteiger partial charge in [-0.3, -0.25) is 9.05 Å². The van der Waals surface area contributed by atoms with E-state index in [2.05, 4.69) is 15.6 Å². The standard InChI is InChI=1S/C8H15O6P/c1-4-12-15(11,13-6-5-9)14-8(10)7(2)3/h9H,2,4-6H2,1,3H3. The summed E-state index contributed by atoms with van der Waals surface area (Å²) in [5, 5.41) is 8.48. The van der Waals surface area contributed by atoms with E-state index in [1.54, 1.807) is 6.92 Å². The van der Waals surface area contributed by atoms with Gasteiger partial charge in [-0.1, -0.05) is 6.58 Å². The Morgan fingerprint density at radius 1 is 1.47 bits per heavy atom. The van der Waals surface area contributed by atoms with Crippen LogP contribution in [0.25, 0.3) is 0 Å². The third kappa shape index (κ3) is 5.69. The molecule has 7 heteroatoms. The van der Waals surface area contributed by atoms with Gasteiger partial charge in [-0.25, -0.2) is 9.36 Å². The maximum Gasteiger partial charge on any atom is 0.532 e. The van der Waals surface area contributed by atoms with Crippen LogP contribution >= 0.6 is 7.82 Å². The Balaban J connectivity index is 4.43. The molecule has 0 heterocycles. The highest BCUT2D eigenvalue weighted by molar-refractivity contribution is 7.49. The molecule has 0 aromatic carbocycles. The fourth-order valence-electron chi connectivity index (χ4n) is 0.580. The zero-order valence-corrected chi connectivity index (χ0v) is 9.66. The van der Waals surface area contributed by atoms with Crippen LogP contribution in [0.2, 0.25) is 0 Å². The second kappa shape index (κ2) is 6.74. The molecule has 0 aliphatic carbocycles. The number of carbonyl (C=O) groups is 1. The van der Waals surface area contributed by atoms with Crippen molar-refractivity contribution in [2.45, 2.75) is 13.8 Å². The predicted molar refractivity (Wildman–Crippen MR) is 53.2 cm³/mol. The largest absolute Gasteiger partial charge is 0.532 e. The molecule has 0 saturated carbocycles. The van der Waals surface area contributed by atoms with Gasteiger partial charge in [0, 0.05) is 5.57 Å². The summed E-state index contributed by atoms with van der Waals surface area (Å²) >= 11 is 0. The maximum absolute atomic E-state index is 11.6. The summed E-state index contributed by atoms with van der Waals surface area (Å²) < 4.78 is 25.5. The molecule has 15 heavy (non-hydrogen) atoms. The topological polar surface area (TPSA) is 82.1 Å². The SMILES string of the molecule is C=C(C)C(=O)OP(=O)(OCC)OCCO. The lowest BCUT2D eigenvalue weighted by molar-refractivity contribution is -0.132. The van der Waals surface area contributed by atoms with E-state index in [9.17, 15) is 9.36 Å². The van der Waals surface area contributed by atoms with Crippen molar-refractivity contribution in [3.05, 3.63) is 12.2 Å². The van der Waals surface area contributed by atoms with Crippen LogP contribution in [0.1, 0.15) is 13.8 Å². The molecule has 1 unspecified atom stereocenters. The lowest BCUT2D eigenvalue weighted by Gasteiger charge is -2.15. The fourth-order valence-corrected chi connectivity index (χ4v) is 1.74. The molecule has 88 valence electrons. The van der Waals surface area contributed by atoms with Crippen LogP contribution in [0, 0.1) is 0 Å². The van der Waals surface area contributed by atoms with Crippen molar-refractivity contribution in [1.29, 1.82) is 0 Å². The summed E-state index contributed by atoms with van der Waals surface area (Å²) in [5.41, 5.74) is 0.0857. The third-order valence-electron chi connectivity index (χ3n) is 1.17. The highest BCUT2D eigenvalue weighted by Gasteiger charge is 2.30. The summed E-state index contributed by atoms with van der Waals surface area (Å²) in [7, 11) is -3.92. The van der Waals surface area contributed by atoms with E-state index in [1.165, 1.54) is 6.92 Å². The fraction of sp³-hybridized carbons (Fsp3) is 0.625. The van der Waals surface area contributed by atoms with Crippen LogP contribution < -0.4 is 0 Å². The van der Waals surface area contributed by atoms with Gasteiger partial charge in [-0.15, -0.1) is 0 Å². The van der Waals surface area contributed by atoms with E-state index in [0.29, 0.717) is 0 Å². The first-order valence-corrected chi connectivity index (χ1v) is 5.80. The normalized spacial score (nSPS) is 14.3. The van der Waals surface area contributed by atoms with E-state index in [-0.39, 0.29) is 25.4 Å². The van der Waals surface area contributed by atoms with Crippen molar-refractivity contribution < 1.29 is 28.0 Å². The maximum atomic E-state index is 11.6. The van der Waals surface area contributed by atoms with Crippen LogP contribution in [-0.4, -0.2) is 30.9 Å². The number of phosphoric ester groups is 1. The molecule has 0 aromatic heterocycles. The van der Waals surface area contributed by atoms with Gasteiger partial charge < -0.3 is 9.63 Å². The molecule has 0 bridgehead atoms. The smallest absolute Gasteiger partial charge is 0.394 e. The molecule has 0 radical (unpaired) electrons. The lowest BCUT2D eigenvalue weighted by Crippen LogP contribution is -2.09. The van der Waals surface area contributed by atoms with Crippen molar-refractivity contribution in [2.75, 3.05) is 19.8 Å². The number of hydrogen-bond acceptors (Lipinski definition) is 6. The van der Waals surface area contributed by atoms with E-state index in [4.69, 9.17) is 9.63 Å². The van der Waals surface area contributed by atoms with Crippen LogP contribution in [0.15, 0.2) is 12.2 Å². The first-order chi connectivity index (χ1) is 6.95. The van der Waals surface area contributed by atoms with Gasteiger partial charge >= 0.3 is 13.8 Å². The van der Waals surface area contributed by atoms with Crippen molar-refractivity contribution >= 4 is 13.8 Å². The Hall–Kier alpha value is -0.680. The average molecular weight is 238 g/mol. The van der Waals surface area contributed by atoms with Crippen molar-refractivity contribution in [2.24, 2.45) is 0 Å². The van der Waals surface area contributed by atoms with Crippen molar-refractivity contribution in [1.82, 2.24) is 0 Å². The quantitative estimate of drug-likeness (QED) is 0.531. The zero-order chi connectivity index (χ0) is 11.9. The first kappa shape index (κ1) is 14.3. The molecule has 6 nitrogen and oxygen atoms in total. The molecule has 0 spiro atoms. The number of hydrogen-bond donors (Lipinski definition) is 1. The third-order valence-corrected chi connectivity index (χ3v) is 2.63. The molecule has 0 fully saturated rings. The Morgan fingerprint density at radius 2 is 2.07 bits per heavy atom. The Morgan fingerprint density at radius 3 is 2.47 bits per heavy atom. The Bertz CT molecular complexity index is 274. The van der Waals surface area contributed by atoms with Gasteiger partial charge in [0.2, 0.25) is 0 Å². The molecule has 1 atom stereocenters. The number of phosphoric acid groups is 1. The second-order valence-corrected chi connectivity index (χ2v) is 4.17. The number of rotatable bonds is 7. The van der Waals surface area contributed by atoms with Crippen molar-refractivity contribution in [3.63, 3.8) is 0 Å². The molecule has 0 aliphatic heterocycles. The monoisotopic (exact) mass is 238 g/mol. The van der Waals surface area contributed by atoms with Gasteiger partial charge in [0.05, 0.1) is 19.8 Å². The van der Waals surface area contributed by atoms with Gasteiger partial charge in [0.1, 0.15) is 0 Å². The lowest BCUT2D eigenvalue weighted by atomic mass is 10.4. The molecule has 1 N–H and O–H groups in total. The predicted octanol–water partition coefficient (Wildman–Crippen LogP) is 1.26. The van der Waals surface area contributed by atoms with E-state index < -0.39 is 13.8 Å². The minimum absolute atomic E-state index is 0.0617. The summed E-state index contributed by atoms with van der Waals surface area (Å²) in [6.07, 6.45) is 0. The Labute approximate surface area is 88.5 Å². The number of carbonyl (C=O) groups excluding carboxylic acids is 1. The van der Waals surface area contributed by atoms with Gasteiger partial charge in [-0.2, -0.15) is 0 Å². The molecular formula is C8H15O6P. The van der Waals surface area contributed by atoms with Gasteiger partial charge in [0.25, 0.3) is 0 Å². The van der Waals surface area contributed by atoms with E-state index in [0.717, 1.165) is 0 Å².